The van der Waals surface area contributed by atoms with E-state index in [1.54, 1.807) is 12.1 Å². The van der Waals surface area contributed by atoms with Gasteiger partial charge < -0.3 is 9.84 Å². The summed E-state index contributed by atoms with van der Waals surface area (Å²) in [5.74, 6) is 0.433. The lowest BCUT2D eigenvalue weighted by Crippen LogP contribution is -2.24. The van der Waals surface area contributed by atoms with Crippen LogP contribution in [0, 0.1) is 13.8 Å². The SMILES string of the molecule is Cc1ccc(C)c(OCC(=O)N/N=C/c2cc(Br)c(O)c(Br)c2)c1. The summed E-state index contributed by atoms with van der Waals surface area (Å²) in [7, 11) is 0. The number of hydrazone groups is 1. The minimum Gasteiger partial charge on any atom is -0.506 e. The first-order valence-electron chi connectivity index (χ1n) is 7.07. The van der Waals surface area contributed by atoms with Gasteiger partial charge in [0, 0.05) is 0 Å². The van der Waals surface area contributed by atoms with E-state index in [2.05, 4.69) is 42.4 Å². The minimum absolute atomic E-state index is 0.109. The van der Waals surface area contributed by atoms with Crippen molar-refractivity contribution in [2.45, 2.75) is 13.8 Å². The first kappa shape index (κ1) is 18.5. The number of benzene rings is 2. The van der Waals surface area contributed by atoms with Crippen LogP contribution in [0.15, 0.2) is 44.4 Å². The highest BCUT2D eigenvalue weighted by Gasteiger charge is 2.06. The molecule has 0 bridgehead atoms. The summed E-state index contributed by atoms with van der Waals surface area (Å²) in [5, 5.41) is 13.5. The molecule has 0 saturated heterocycles. The van der Waals surface area contributed by atoms with Gasteiger partial charge >= 0.3 is 0 Å². The molecule has 2 rings (SSSR count). The van der Waals surface area contributed by atoms with Crippen LogP contribution in [0.2, 0.25) is 0 Å². The maximum Gasteiger partial charge on any atom is 0.277 e. The highest BCUT2D eigenvalue weighted by molar-refractivity contribution is 9.11. The monoisotopic (exact) mass is 454 g/mol. The summed E-state index contributed by atoms with van der Waals surface area (Å²) in [5.41, 5.74) is 5.15. The number of aromatic hydroxyl groups is 1. The predicted molar refractivity (Wildman–Crippen MR) is 101 cm³/mol. The zero-order valence-electron chi connectivity index (χ0n) is 13.1. The van der Waals surface area contributed by atoms with Crippen molar-refractivity contribution in [2.24, 2.45) is 5.10 Å². The number of nitrogens with zero attached hydrogens (tertiary/aromatic N) is 1. The molecule has 0 aliphatic heterocycles. The molecule has 0 aromatic heterocycles. The molecule has 0 heterocycles. The fourth-order valence-corrected chi connectivity index (χ4v) is 3.10. The Morgan fingerprint density at radius 3 is 2.58 bits per heavy atom. The van der Waals surface area contributed by atoms with Gasteiger partial charge in [-0.2, -0.15) is 5.10 Å². The molecule has 2 aromatic carbocycles. The lowest BCUT2D eigenvalue weighted by atomic mass is 10.1. The molecule has 2 aromatic rings. The zero-order valence-corrected chi connectivity index (χ0v) is 16.3. The quantitative estimate of drug-likeness (QED) is 0.527. The zero-order chi connectivity index (χ0) is 17.7. The second-order valence-electron chi connectivity index (χ2n) is 5.18. The molecule has 0 aliphatic carbocycles. The van der Waals surface area contributed by atoms with Crippen LogP contribution in [0.4, 0.5) is 0 Å². The van der Waals surface area contributed by atoms with Crippen molar-refractivity contribution in [1.29, 1.82) is 0 Å². The Labute approximate surface area is 157 Å². The second kappa shape index (κ2) is 8.30. The molecule has 0 fully saturated rings. The van der Waals surface area contributed by atoms with Gasteiger partial charge in [0.15, 0.2) is 6.61 Å². The van der Waals surface area contributed by atoms with Gasteiger partial charge in [-0.3, -0.25) is 4.79 Å². The molecule has 126 valence electrons. The summed E-state index contributed by atoms with van der Waals surface area (Å²) in [6, 6.07) is 9.18. The highest BCUT2D eigenvalue weighted by atomic mass is 79.9. The Kier molecular flexibility index (Phi) is 6.39. The number of carbonyl (C=O) groups is 1. The number of aryl methyl sites for hydroxylation is 2. The van der Waals surface area contributed by atoms with Crippen LogP contribution in [-0.2, 0) is 4.79 Å². The van der Waals surface area contributed by atoms with Crippen molar-refractivity contribution in [3.63, 3.8) is 0 Å². The van der Waals surface area contributed by atoms with Gasteiger partial charge in [0.25, 0.3) is 5.91 Å². The van der Waals surface area contributed by atoms with Gasteiger partial charge in [0.2, 0.25) is 0 Å². The number of amides is 1. The number of nitrogens with one attached hydrogen (secondary N) is 1. The summed E-state index contributed by atoms with van der Waals surface area (Å²) < 4.78 is 6.56. The van der Waals surface area contributed by atoms with Crippen molar-refractivity contribution in [2.75, 3.05) is 6.61 Å². The van der Waals surface area contributed by atoms with Crippen LogP contribution >= 0.6 is 31.9 Å². The summed E-state index contributed by atoms with van der Waals surface area (Å²) in [4.78, 5) is 11.8. The largest absolute Gasteiger partial charge is 0.506 e. The van der Waals surface area contributed by atoms with Crippen LogP contribution in [0.3, 0.4) is 0 Å². The topological polar surface area (TPSA) is 70.9 Å². The molecule has 1 amide bonds. The molecular weight excluding hydrogens is 440 g/mol. The molecule has 0 spiro atoms. The Balaban J connectivity index is 1.90. The Bertz CT molecular complexity index is 768. The Hall–Kier alpha value is -1.86. The van der Waals surface area contributed by atoms with Gasteiger partial charge in [-0.1, -0.05) is 12.1 Å². The van der Waals surface area contributed by atoms with E-state index in [1.165, 1.54) is 6.21 Å². The summed E-state index contributed by atoms with van der Waals surface area (Å²) >= 11 is 6.46. The van der Waals surface area contributed by atoms with E-state index in [0.29, 0.717) is 20.3 Å². The molecule has 7 heteroatoms. The lowest BCUT2D eigenvalue weighted by Gasteiger charge is -2.08. The van der Waals surface area contributed by atoms with Crippen LogP contribution in [0.5, 0.6) is 11.5 Å². The lowest BCUT2D eigenvalue weighted by molar-refractivity contribution is -0.123. The standard InChI is InChI=1S/C17H16Br2N2O3/c1-10-3-4-11(2)15(5-10)24-9-16(22)21-20-8-12-6-13(18)17(23)14(19)7-12/h3-8,23H,9H2,1-2H3,(H,21,22)/b20-8+. The van der Waals surface area contributed by atoms with Crippen LogP contribution in [0.25, 0.3) is 0 Å². The average molecular weight is 456 g/mol. The van der Waals surface area contributed by atoms with Crippen LogP contribution in [-0.4, -0.2) is 23.8 Å². The molecule has 0 atom stereocenters. The molecule has 0 aliphatic rings. The van der Waals surface area contributed by atoms with Gasteiger partial charge in [0.1, 0.15) is 11.5 Å². The highest BCUT2D eigenvalue weighted by Crippen LogP contribution is 2.32. The predicted octanol–water partition coefficient (Wildman–Crippen LogP) is 4.06. The molecule has 24 heavy (non-hydrogen) atoms. The fourth-order valence-electron chi connectivity index (χ4n) is 1.88. The number of hydrogen-bond donors (Lipinski definition) is 2. The molecule has 0 saturated carbocycles. The first-order valence-corrected chi connectivity index (χ1v) is 8.65. The van der Waals surface area contributed by atoms with Gasteiger partial charge in [0.05, 0.1) is 15.2 Å². The molecule has 2 N–H and O–H groups in total. The van der Waals surface area contributed by atoms with Gasteiger partial charge in [-0.25, -0.2) is 5.43 Å². The maximum absolute atomic E-state index is 11.8. The number of hydrogen-bond acceptors (Lipinski definition) is 4. The smallest absolute Gasteiger partial charge is 0.277 e. The van der Waals surface area contributed by atoms with Crippen molar-refractivity contribution >= 4 is 44.0 Å². The minimum atomic E-state index is -0.357. The second-order valence-corrected chi connectivity index (χ2v) is 6.89. The number of carbonyl (C=O) groups excluding carboxylic acids is 1. The number of rotatable bonds is 5. The molecular formula is C17H16Br2N2O3. The van der Waals surface area contributed by atoms with Crippen LogP contribution < -0.4 is 10.2 Å². The first-order chi connectivity index (χ1) is 11.4. The van der Waals surface area contributed by atoms with Gasteiger partial charge in [-0.05, 0) is 80.6 Å². The third-order valence-electron chi connectivity index (χ3n) is 3.14. The Morgan fingerprint density at radius 2 is 1.92 bits per heavy atom. The third kappa shape index (κ3) is 5.07. The average Bonchev–Trinajstić information content (AvgIpc) is 2.53. The van der Waals surface area contributed by atoms with Crippen molar-refractivity contribution < 1.29 is 14.6 Å². The van der Waals surface area contributed by atoms with Crippen LogP contribution in [0.1, 0.15) is 16.7 Å². The number of phenols is 1. The van der Waals surface area contributed by atoms with E-state index in [0.717, 1.165) is 11.1 Å². The summed E-state index contributed by atoms with van der Waals surface area (Å²) in [6.07, 6.45) is 1.48. The molecule has 0 unspecified atom stereocenters. The fraction of sp³-hybridized carbons (Fsp3) is 0.176. The Morgan fingerprint density at radius 1 is 1.25 bits per heavy atom. The molecule has 5 nitrogen and oxygen atoms in total. The molecule has 0 radical (unpaired) electrons. The normalized spacial score (nSPS) is 10.8. The number of ether oxygens (including phenoxy) is 1. The number of halogens is 2. The van der Waals surface area contributed by atoms with Crippen molar-refractivity contribution in [3.05, 3.63) is 56.0 Å². The van der Waals surface area contributed by atoms with Crippen molar-refractivity contribution in [1.82, 2.24) is 5.43 Å². The van der Waals surface area contributed by atoms with E-state index < -0.39 is 0 Å². The number of phenolic OH excluding ortho intramolecular Hbond substituents is 1. The van der Waals surface area contributed by atoms with E-state index in [-0.39, 0.29) is 18.3 Å². The van der Waals surface area contributed by atoms with E-state index >= 15 is 0 Å². The van der Waals surface area contributed by atoms with E-state index in [1.807, 2.05) is 32.0 Å². The van der Waals surface area contributed by atoms with Crippen molar-refractivity contribution in [3.8, 4) is 11.5 Å². The third-order valence-corrected chi connectivity index (χ3v) is 4.35. The van der Waals surface area contributed by atoms with E-state index in [4.69, 9.17) is 4.74 Å². The van der Waals surface area contributed by atoms with Gasteiger partial charge in [-0.15, -0.1) is 0 Å². The maximum atomic E-state index is 11.8. The van der Waals surface area contributed by atoms with E-state index in [9.17, 15) is 9.90 Å². The summed E-state index contributed by atoms with van der Waals surface area (Å²) in [6.45, 7) is 3.76.